The SMILES string of the molecule is CCCCCCOC(=O)C(CCC)C(CCC)C(=O)CCCC. The molecule has 0 spiro atoms. The van der Waals surface area contributed by atoms with Crippen LogP contribution in [-0.2, 0) is 14.3 Å². The first-order chi connectivity index (χ1) is 11.1. The van der Waals surface area contributed by atoms with Gasteiger partial charge in [0.1, 0.15) is 5.78 Å². The number of Topliss-reactive ketones (excluding diaryl/α,β-unsaturated/α-hetero) is 1. The van der Waals surface area contributed by atoms with Gasteiger partial charge in [-0.25, -0.2) is 0 Å². The van der Waals surface area contributed by atoms with Crippen LogP contribution >= 0.6 is 0 Å². The summed E-state index contributed by atoms with van der Waals surface area (Å²) in [7, 11) is 0. The highest BCUT2D eigenvalue weighted by Gasteiger charge is 2.32. The van der Waals surface area contributed by atoms with Gasteiger partial charge in [-0.1, -0.05) is 66.2 Å². The number of rotatable bonds is 15. The Morgan fingerprint density at radius 2 is 1.35 bits per heavy atom. The second-order valence-electron chi connectivity index (χ2n) is 6.59. The minimum absolute atomic E-state index is 0.144. The van der Waals surface area contributed by atoms with Gasteiger partial charge in [0.15, 0.2) is 0 Å². The van der Waals surface area contributed by atoms with Crippen LogP contribution in [0, 0.1) is 11.8 Å². The molecule has 0 saturated carbocycles. The topological polar surface area (TPSA) is 43.4 Å². The normalized spacial score (nSPS) is 13.6. The van der Waals surface area contributed by atoms with E-state index >= 15 is 0 Å². The molecule has 0 saturated heterocycles. The van der Waals surface area contributed by atoms with Crippen LogP contribution < -0.4 is 0 Å². The van der Waals surface area contributed by atoms with Crippen LogP contribution in [0.3, 0.4) is 0 Å². The van der Waals surface area contributed by atoms with Gasteiger partial charge in [-0.05, 0) is 25.7 Å². The summed E-state index contributed by atoms with van der Waals surface area (Å²) < 4.78 is 5.49. The number of carbonyl (C=O) groups is 2. The summed E-state index contributed by atoms with van der Waals surface area (Å²) in [5, 5.41) is 0. The van der Waals surface area contributed by atoms with Gasteiger partial charge in [0.05, 0.1) is 12.5 Å². The van der Waals surface area contributed by atoms with Crippen molar-refractivity contribution in [2.24, 2.45) is 11.8 Å². The number of unbranched alkanes of at least 4 members (excludes halogenated alkanes) is 4. The maximum Gasteiger partial charge on any atom is 0.309 e. The molecule has 3 nitrogen and oxygen atoms in total. The smallest absolute Gasteiger partial charge is 0.309 e. The molecule has 0 amide bonds. The molecular weight excluding hydrogens is 288 g/mol. The van der Waals surface area contributed by atoms with Gasteiger partial charge in [0, 0.05) is 12.3 Å². The molecule has 3 heteroatoms. The first-order valence-electron chi connectivity index (χ1n) is 9.81. The first kappa shape index (κ1) is 22.1. The molecule has 0 heterocycles. The van der Waals surface area contributed by atoms with Crippen molar-refractivity contribution in [2.45, 2.75) is 98.3 Å². The molecule has 0 N–H and O–H groups in total. The van der Waals surface area contributed by atoms with Gasteiger partial charge >= 0.3 is 5.97 Å². The molecule has 2 atom stereocenters. The van der Waals surface area contributed by atoms with Crippen LogP contribution in [0.1, 0.15) is 98.3 Å². The average molecular weight is 327 g/mol. The highest BCUT2D eigenvalue weighted by Crippen LogP contribution is 2.27. The number of ketones is 1. The van der Waals surface area contributed by atoms with E-state index in [0.29, 0.717) is 13.0 Å². The lowest BCUT2D eigenvalue weighted by molar-refractivity contribution is -0.153. The molecule has 0 bridgehead atoms. The molecule has 0 rings (SSSR count). The molecule has 0 aliphatic carbocycles. The molecular formula is C20H38O3. The van der Waals surface area contributed by atoms with Crippen LogP contribution in [0.15, 0.2) is 0 Å². The third kappa shape index (κ3) is 9.78. The van der Waals surface area contributed by atoms with E-state index in [-0.39, 0.29) is 23.6 Å². The molecule has 0 aliphatic heterocycles. The summed E-state index contributed by atoms with van der Waals surface area (Å²) in [5.74, 6) is -0.271. The van der Waals surface area contributed by atoms with E-state index < -0.39 is 0 Å². The molecule has 136 valence electrons. The highest BCUT2D eigenvalue weighted by atomic mass is 16.5. The second kappa shape index (κ2) is 14.7. The predicted octanol–water partition coefficient (Wildman–Crippen LogP) is 5.70. The summed E-state index contributed by atoms with van der Waals surface area (Å²) >= 11 is 0. The van der Waals surface area contributed by atoms with E-state index in [2.05, 4.69) is 27.7 Å². The van der Waals surface area contributed by atoms with Crippen molar-refractivity contribution in [3.63, 3.8) is 0 Å². The lowest BCUT2D eigenvalue weighted by Crippen LogP contribution is -2.31. The average Bonchev–Trinajstić information content (AvgIpc) is 2.55. The van der Waals surface area contributed by atoms with Crippen molar-refractivity contribution in [1.29, 1.82) is 0 Å². The molecule has 0 aromatic heterocycles. The number of ether oxygens (including phenoxy) is 1. The van der Waals surface area contributed by atoms with Crippen LogP contribution in [0.4, 0.5) is 0 Å². The van der Waals surface area contributed by atoms with Crippen molar-refractivity contribution in [3.8, 4) is 0 Å². The Bertz CT molecular complexity index is 312. The lowest BCUT2D eigenvalue weighted by Gasteiger charge is -2.24. The summed E-state index contributed by atoms with van der Waals surface area (Å²) in [5.41, 5.74) is 0. The quantitative estimate of drug-likeness (QED) is 0.286. The molecule has 0 aliphatic rings. The van der Waals surface area contributed by atoms with Crippen molar-refractivity contribution >= 4 is 11.8 Å². The zero-order valence-corrected chi connectivity index (χ0v) is 15.9. The Balaban J connectivity index is 4.64. The fourth-order valence-electron chi connectivity index (χ4n) is 3.04. The van der Waals surface area contributed by atoms with Gasteiger partial charge in [-0.3, -0.25) is 9.59 Å². The van der Waals surface area contributed by atoms with Crippen molar-refractivity contribution in [1.82, 2.24) is 0 Å². The summed E-state index contributed by atoms with van der Waals surface area (Å²) in [6.07, 6.45) is 10.4. The third-order valence-electron chi connectivity index (χ3n) is 4.42. The van der Waals surface area contributed by atoms with Gasteiger partial charge in [-0.2, -0.15) is 0 Å². The number of carbonyl (C=O) groups excluding carboxylic acids is 2. The summed E-state index contributed by atoms with van der Waals surface area (Å²) in [4.78, 5) is 25.0. The Labute approximate surface area is 143 Å². The van der Waals surface area contributed by atoms with Crippen molar-refractivity contribution < 1.29 is 14.3 Å². The first-order valence-corrected chi connectivity index (χ1v) is 9.81. The fourth-order valence-corrected chi connectivity index (χ4v) is 3.04. The van der Waals surface area contributed by atoms with Crippen LogP contribution in [0.25, 0.3) is 0 Å². The molecule has 0 aromatic rings. The molecule has 0 fully saturated rings. The minimum Gasteiger partial charge on any atom is -0.465 e. The monoisotopic (exact) mass is 326 g/mol. The van der Waals surface area contributed by atoms with E-state index in [1.54, 1.807) is 0 Å². The zero-order chi connectivity index (χ0) is 17.5. The standard InChI is InChI=1S/C20H38O3/c1-5-9-11-12-16-23-20(22)18(14-8-4)17(13-7-3)19(21)15-10-6-2/h17-18H,5-16H2,1-4H3. The van der Waals surface area contributed by atoms with Gasteiger partial charge in [0.25, 0.3) is 0 Å². The molecule has 2 unspecified atom stereocenters. The lowest BCUT2D eigenvalue weighted by atomic mass is 9.81. The summed E-state index contributed by atoms with van der Waals surface area (Å²) in [6, 6.07) is 0. The molecule has 23 heavy (non-hydrogen) atoms. The maximum atomic E-state index is 12.5. The van der Waals surface area contributed by atoms with E-state index in [1.165, 1.54) is 12.8 Å². The van der Waals surface area contributed by atoms with E-state index in [1.807, 2.05) is 0 Å². The maximum absolute atomic E-state index is 12.5. The highest BCUT2D eigenvalue weighted by molar-refractivity contribution is 5.86. The Morgan fingerprint density at radius 3 is 1.91 bits per heavy atom. The van der Waals surface area contributed by atoms with Gasteiger partial charge in [-0.15, -0.1) is 0 Å². The number of hydrogen-bond acceptors (Lipinski definition) is 3. The minimum atomic E-state index is -0.240. The Morgan fingerprint density at radius 1 is 0.739 bits per heavy atom. The number of esters is 1. The summed E-state index contributed by atoms with van der Waals surface area (Å²) in [6.45, 7) is 8.91. The Hall–Kier alpha value is -0.860. The van der Waals surface area contributed by atoms with Crippen LogP contribution in [0.2, 0.25) is 0 Å². The zero-order valence-electron chi connectivity index (χ0n) is 15.9. The van der Waals surface area contributed by atoms with Crippen molar-refractivity contribution in [3.05, 3.63) is 0 Å². The fraction of sp³-hybridized carbons (Fsp3) is 0.900. The van der Waals surface area contributed by atoms with E-state index in [4.69, 9.17) is 4.74 Å². The van der Waals surface area contributed by atoms with Crippen molar-refractivity contribution in [2.75, 3.05) is 6.61 Å². The van der Waals surface area contributed by atoms with E-state index in [0.717, 1.165) is 51.4 Å². The van der Waals surface area contributed by atoms with Gasteiger partial charge in [0.2, 0.25) is 0 Å². The Kier molecular flexibility index (Phi) is 14.2. The second-order valence-corrected chi connectivity index (χ2v) is 6.59. The van der Waals surface area contributed by atoms with Crippen LogP contribution in [0.5, 0.6) is 0 Å². The third-order valence-corrected chi connectivity index (χ3v) is 4.42. The molecule has 0 radical (unpaired) electrons. The molecule has 0 aromatic carbocycles. The van der Waals surface area contributed by atoms with E-state index in [9.17, 15) is 9.59 Å². The largest absolute Gasteiger partial charge is 0.465 e. The number of hydrogen-bond donors (Lipinski definition) is 0. The van der Waals surface area contributed by atoms with Crippen LogP contribution in [-0.4, -0.2) is 18.4 Å². The predicted molar refractivity (Wildman–Crippen MR) is 96.4 cm³/mol. The van der Waals surface area contributed by atoms with Gasteiger partial charge < -0.3 is 4.74 Å².